The van der Waals surface area contributed by atoms with Gasteiger partial charge < -0.3 is 4.90 Å². The van der Waals surface area contributed by atoms with Crippen molar-refractivity contribution in [2.24, 2.45) is 17.8 Å². The van der Waals surface area contributed by atoms with Crippen LogP contribution in [0.4, 0.5) is 0 Å². The molecule has 0 saturated carbocycles. The second kappa shape index (κ2) is 19.3. The molecule has 0 aromatic heterocycles. The number of hydrogen-bond donors (Lipinski definition) is 0. The van der Waals surface area contributed by atoms with E-state index in [1.54, 1.807) is 0 Å². The van der Waals surface area contributed by atoms with Crippen molar-refractivity contribution in [2.45, 2.75) is 131 Å². The molecule has 0 aliphatic carbocycles. The first-order chi connectivity index (χ1) is 13.0. The Morgan fingerprint density at radius 3 is 1.44 bits per heavy atom. The molecular formula is C26H55N. The molecule has 0 aromatic rings. The van der Waals surface area contributed by atoms with Crippen LogP contribution in [0.2, 0.25) is 0 Å². The molecule has 0 bridgehead atoms. The third-order valence-electron chi connectivity index (χ3n) is 6.07. The van der Waals surface area contributed by atoms with Gasteiger partial charge in [-0.15, -0.1) is 0 Å². The molecule has 1 unspecified atom stereocenters. The summed E-state index contributed by atoms with van der Waals surface area (Å²) in [6, 6.07) is 0. The summed E-state index contributed by atoms with van der Waals surface area (Å²) in [5.41, 5.74) is 0. The minimum absolute atomic E-state index is 0.876. The number of rotatable bonds is 20. The summed E-state index contributed by atoms with van der Waals surface area (Å²) in [6.07, 6.45) is 19.8. The van der Waals surface area contributed by atoms with E-state index in [0.717, 1.165) is 17.8 Å². The highest BCUT2D eigenvalue weighted by Gasteiger charge is 2.12. The quantitative estimate of drug-likeness (QED) is 0.190. The van der Waals surface area contributed by atoms with E-state index in [4.69, 9.17) is 0 Å². The van der Waals surface area contributed by atoms with Crippen LogP contribution in [0.1, 0.15) is 131 Å². The van der Waals surface area contributed by atoms with Crippen molar-refractivity contribution in [3.63, 3.8) is 0 Å². The first-order valence-electron chi connectivity index (χ1n) is 12.7. The van der Waals surface area contributed by atoms with E-state index in [0.29, 0.717) is 0 Å². The summed E-state index contributed by atoms with van der Waals surface area (Å²) in [6.45, 7) is 18.2. The standard InChI is InChI=1S/C26H55N/c1-7-9-20-26(8-2)23-27(21-16-12-10-14-18-24(3)4)22-17-13-11-15-19-25(5)6/h24-26H,7-23H2,1-6H3. The van der Waals surface area contributed by atoms with E-state index in [9.17, 15) is 0 Å². The minimum atomic E-state index is 0.876. The molecule has 0 N–H and O–H groups in total. The Morgan fingerprint density at radius 2 is 1.04 bits per heavy atom. The largest absolute Gasteiger partial charge is 0.303 e. The van der Waals surface area contributed by atoms with E-state index in [2.05, 4.69) is 46.4 Å². The Morgan fingerprint density at radius 1 is 0.556 bits per heavy atom. The summed E-state index contributed by atoms with van der Waals surface area (Å²) in [7, 11) is 0. The van der Waals surface area contributed by atoms with Crippen molar-refractivity contribution in [2.75, 3.05) is 19.6 Å². The lowest BCUT2D eigenvalue weighted by Crippen LogP contribution is -2.31. The Hall–Kier alpha value is -0.0400. The molecule has 0 spiro atoms. The maximum atomic E-state index is 2.83. The fraction of sp³-hybridized carbons (Fsp3) is 1.00. The first kappa shape index (κ1) is 27.0. The predicted octanol–water partition coefficient (Wildman–Crippen LogP) is 8.72. The van der Waals surface area contributed by atoms with Crippen LogP contribution in [0, 0.1) is 17.8 Å². The number of hydrogen-bond acceptors (Lipinski definition) is 1. The lowest BCUT2D eigenvalue weighted by atomic mass is 9.98. The number of unbranched alkanes of at least 4 members (excludes halogenated alkanes) is 7. The van der Waals surface area contributed by atoms with Gasteiger partial charge in [-0.1, -0.05) is 112 Å². The number of nitrogens with zero attached hydrogens (tertiary/aromatic N) is 1. The third kappa shape index (κ3) is 19.1. The van der Waals surface area contributed by atoms with Crippen molar-refractivity contribution in [3.8, 4) is 0 Å². The van der Waals surface area contributed by atoms with Gasteiger partial charge in [0.1, 0.15) is 0 Å². The Kier molecular flexibility index (Phi) is 19.3. The van der Waals surface area contributed by atoms with Gasteiger partial charge in [0.05, 0.1) is 0 Å². The molecule has 0 aliphatic rings. The van der Waals surface area contributed by atoms with Crippen LogP contribution in [0.25, 0.3) is 0 Å². The van der Waals surface area contributed by atoms with Crippen LogP contribution in [-0.2, 0) is 0 Å². The molecule has 0 aliphatic heterocycles. The highest BCUT2D eigenvalue weighted by molar-refractivity contribution is 4.67. The minimum Gasteiger partial charge on any atom is -0.303 e. The van der Waals surface area contributed by atoms with E-state index in [1.807, 2.05) is 0 Å². The maximum Gasteiger partial charge on any atom is 0.000955 e. The smallest absolute Gasteiger partial charge is 0.000955 e. The molecule has 0 fully saturated rings. The molecule has 1 heteroatoms. The normalized spacial score (nSPS) is 13.2. The molecule has 0 heterocycles. The zero-order chi connectivity index (χ0) is 20.3. The van der Waals surface area contributed by atoms with Gasteiger partial charge in [-0.3, -0.25) is 0 Å². The SMILES string of the molecule is CCCCC(CC)CN(CCCCCCC(C)C)CCCCCCC(C)C. The second-order valence-electron chi connectivity index (χ2n) is 9.91. The van der Waals surface area contributed by atoms with E-state index >= 15 is 0 Å². The van der Waals surface area contributed by atoms with Gasteiger partial charge in [0.15, 0.2) is 0 Å². The fourth-order valence-electron chi connectivity index (χ4n) is 4.06. The second-order valence-corrected chi connectivity index (χ2v) is 9.91. The van der Waals surface area contributed by atoms with Crippen molar-refractivity contribution in [3.05, 3.63) is 0 Å². The van der Waals surface area contributed by atoms with Crippen LogP contribution in [0.3, 0.4) is 0 Å². The van der Waals surface area contributed by atoms with E-state index in [-0.39, 0.29) is 0 Å². The lowest BCUT2D eigenvalue weighted by Gasteiger charge is -2.27. The van der Waals surface area contributed by atoms with Gasteiger partial charge in [-0.05, 0) is 50.1 Å². The summed E-state index contributed by atoms with van der Waals surface area (Å²) in [4.78, 5) is 2.83. The van der Waals surface area contributed by atoms with Gasteiger partial charge in [0.25, 0.3) is 0 Å². The van der Waals surface area contributed by atoms with Crippen LogP contribution in [-0.4, -0.2) is 24.5 Å². The summed E-state index contributed by atoms with van der Waals surface area (Å²) in [5.74, 6) is 2.67. The van der Waals surface area contributed by atoms with Crippen molar-refractivity contribution < 1.29 is 0 Å². The molecule has 1 nitrogen and oxygen atoms in total. The molecule has 1 atom stereocenters. The van der Waals surface area contributed by atoms with E-state index < -0.39 is 0 Å². The summed E-state index contributed by atoms with van der Waals surface area (Å²) >= 11 is 0. The molecule has 164 valence electrons. The topological polar surface area (TPSA) is 3.24 Å². The average Bonchev–Trinajstić information content (AvgIpc) is 2.63. The molecule has 0 radical (unpaired) electrons. The van der Waals surface area contributed by atoms with Crippen LogP contribution in [0.5, 0.6) is 0 Å². The summed E-state index contributed by atoms with van der Waals surface area (Å²) in [5, 5.41) is 0. The van der Waals surface area contributed by atoms with Gasteiger partial charge in [0.2, 0.25) is 0 Å². The third-order valence-corrected chi connectivity index (χ3v) is 6.07. The lowest BCUT2D eigenvalue weighted by molar-refractivity contribution is 0.210. The zero-order valence-corrected chi connectivity index (χ0v) is 20.2. The van der Waals surface area contributed by atoms with Crippen molar-refractivity contribution >= 4 is 0 Å². The Labute approximate surface area is 174 Å². The molecule has 0 rings (SSSR count). The highest BCUT2D eigenvalue weighted by atomic mass is 15.1. The first-order valence-corrected chi connectivity index (χ1v) is 12.7. The fourth-order valence-corrected chi connectivity index (χ4v) is 4.06. The van der Waals surface area contributed by atoms with Gasteiger partial charge in [0, 0.05) is 6.54 Å². The Bertz CT molecular complexity index is 264. The van der Waals surface area contributed by atoms with E-state index in [1.165, 1.54) is 110 Å². The monoisotopic (exact) mass is 381 g/mol. The van der Waals surface area contributed by atoms with Gasteiger partial charge >= 0.3 is 0 Å². The molecular weight excluding hydrogens is 326 g/mol. The molecule has 27 heavy (non-hydrogen) atoms. The average molecular weight is 382 g/mol. The Balaban J connectivity index is 4.11. The molecule has 0 aromatic carbocycles. The maximum absolute atomic E-state index is 2.83. The zero-order valence-electron chi connectivity index (χ0n) is 20.2. The van der Waals surface area contributed by atoms with Gasteiger partial charge in [-0.2, -0.15) is 0 Å². The van der Waals surface area contributed by atoms with Crippen molar-refractivity contribution in [1.29, 1.82) is 0 Å². The van der Waals surface area contributed by atoms with Crippen LogP contribution < -0.4 is 0 Å². The van der Waals surface area contributed by atoms with Gasteiger partial charge in [-0.25, -0.2) is 0 Å². The summed E-state index contributed by atoms with van der Waals surface area (Å²) < 4.78 is 0. The molecule has 0 saturated heterocycles. The predicted molar refractivity (Wildman–Crippen MR) is 126 cm³/mol. The van der Waals surface area contributed by atoms with Crippen molar-refractivity contribution in [1.82, 2.24) is 4.90 Å². The highest BCUT2D eigenvalue weighted by Crippen LogP contribution is 2.17. The van der Waals surface area contributed by atoms with Crippen LogP contribution in [0.15, 0.2) is 0 Å². The molecule has 0 amide bonds. The van der Waals surface area contributed by atoms with Crippen LogP contribution >= 0.6 is 0 Å².